The highest BCUT2D eigenvalue weighted by Gasteiger charge is 2.13. The maximum absolute atomic E-state index is 12.6. The number of nitrogens with zero attached hydrogens (tertiary/aromatic N) is 2. The van der Waals surface area contributed by atoms with Gasteiger partial charge in [-0.15, -0.1) is 0 Å². The Kier molecular flexibility index (Phi) is 5.96. The molecule has 2 amide bonds. The van der Waals surface area contributed by atoms with Crippen molar-refractivity contribution in [2.75, 3.05) is 5.32 Å². The lowest BCUT2D eigenvalue weighted by molar-refractivity contribution is -0.116. The van der Waals surface area contributed by atoms with Gasteiger partial charge < -0.3 is 15.0 Å². The van der Waals surface area contributed by atoms with Gasteiger partial charge in [0.05, 0.1) is 11.8 Å². The number of carbonyl (C=O) groups is 2. The molecule has 5 aromatic rings. The first-order chi connectivity index (χ1) is 17.1. The highest BCUT2D eigenvalue weighted by Crippen LogP contribution is 2.25. The van der Waals surface area contributed by atoms with Crippen molar-refractivity contribution in [3.05, 3.63) is 108 Å². The van der Waals surface area contributed by atoms with Crippen molar-refractivity contribution >= 4 is 45.4 Å². The maximum Gasteiger partial charge on any atom is 0.275 e. The molecule has 7 heteroatoms. The van der Waals surface area contributed by atoms with Crippen LogP contribution in [0.5, 0.6) is 5.75 Å². The van der Waals surface area contributed by atoms with E-state index in [2.05, 4.69) is 15.8 Å². The molecular formula is C28H22N4O3. The summed E-state index contributed by atoms with van der Waals surface area (Å²) >= 11 is 0. The Balaban J connectivity index is 1.34. The van der Waals surface area contributed by atoms with Crippen LogP contribution in [0.4, 0.5) is 5.69 Å². The molecule has 0 bridgehead atoms. The van der Waals surface area contributed by atoms with E-state index in [1.807, 2.05) is 89.6 Å². The molecule has 5 rings (SSSR count). The van der Waals surface area contributed by atoms with Gasteiger partial charge in [-0.3, -0.25) is 9.59 Å². The van der Waals surface area contributed by atoms with E-state index >= 15 is 0 Å². The molecule has 0 unspecified atom stereocenters. The van der Waals surface area contributed by atoms with Gasteiger partial charge in [0, 0.05) is 28.4 Å². The molecule has 1 heterocycles. The van der Waals surface area contributed by atoms with Crippen molar-refractivity contribution in [3.8, 4) is 5.75 Å². The van der Waals surface area contributed by atoms with Gasteiger partial charge in [-0.1, -0.05) is 60.7 Å². The number of carbonyl (C=O) groups excluding carboxylic acids is 2. The first kappa shape index (κ1) is 21.9. The molecule has 0 aliphatic rings. The second-order valence-electron chi connectivity index (χ2n) is 8.06. The summed E-state index contributed by atoms with van der Waals surface area (Å²) in [5, 5.41) is 19.8. The van der Waals surface area contributed by atoms with Crippen molar-refractivity contribution in [1.29, 1.82) is 0 Å². The number of nitrogens with one attached hydrogen (secondary N) is 2. The Labute approximate surface area is 201 Å². The lowest BCUT2D eigenvalue weighted by Crippen LogP contribution is -2.18. The molecule has 3 N–H and O–H groups in total. The standard InChI is InChI=1S/C28H22N4O3/c33-26-15-20-9-5-4-8-19(20)14-24(26)28(35)31-29-16-21-17-32(25-13-7-6-12-23(21)25)18-27(34)30-22-10-2-1-3-11-22/h1-17,33H,18H2,(H,30,34)(H,31,35). The summed E-state index contributed by atoms with van der Waals surface area (Å²) < 4.78 is 1.84. The SMILES string of the molecule is O=C(Cn1cc(C=NNC(=O)c2cc3ccccc3cc2O)c2ccccc21)Nc1ccccc1. The van der Waals surface area contributed by atoms with Gasteiger partial charge in [-0.05, 0) is 41.1 Å². The summed E-state index contributed by atoms with van der Waals surface area (Å²) in [4.78, 5) is 25.2. The van der Waals surface area contributed by atoms with E-state index in [1.165, 1.54) is 6.21 Å². The van der Waals surface area contributed by atoms with Crippen molar-refractivity contribution < 1.29 is 14.7 Å². The lowest BCUT2D eigenvalue weighted by Gasteiger charge is -2.07. The number of hydrazone groups is 1. The Bertz CT molecular complexity index is 1570. The summed E-state index contributed by atoms with van der Waals surface area (Å²) in [5.74, 6) is -0.784. The van der Waals surface area contributed by atoms with Crippen LogP contribution in [0.2, 0.25) is 0 Å². The summed E-state index contributed by atoms with van der Waals surface area (Å²) in [5.41, 5.74) is 4.97. The van der Waals surface area contributed by atoms with Gasteiger partial charge in [-0.2, -0.15) is 5.10 Å². The number of rotatable bonds is 6. The molecule has 7 nitrogen and oxygen atoms in total. The van der Waals surface area contributed by atoms with Crippen LogP contribution in [0, 0.1) is 0 Å². The molecule has 4 aromatic carbocycles. The molecule has 0 saturated carbocycles. The zero-order valence-corrected chi connectivity index (χ0v) is 18.7. The number of para-hydroxylation sites is 2. The number of hydrogen-bond acceptors (Lipinski definition) is 4. The third-order valence-corrected chi connectivity index (χ3v) is 5.67. The van der Waals surface area contributed by atoms with E-state index < -0.39 is 5.91 Å². The minimum Gasteiger partial charge on any atom is -0.507 e. The number of phenols is 1. The second kappa shape index (κ2) is 9.52. The zero-order chi connectivity index (χ0) is 24.2. The number of phenolic OH excluding ortho intramolecular Hbond substituents is 1. The van der Waals surface area contributed by atoms with E-state index in [9.17, 15) is 14.7 Å². The third kappa shape index (κ3) is 4.74. The van der Waals surface area contributed by atoms with E-state index in [0.29, 0.717) is 0 Å². The van der Waals surface area contributed by atoms with Gasteiger partial charge in [0.2, 0.25) is 5.91 Å². The van der Waals surface area contributed by atoms with Crippen LogP contribution in [0.25, 0.3) is 21.7 Å². The predicted octanol–water partition coefficient (Wildman–Crippen LogP) is 4.90. The number of fused-ring (bicyclic) bond motifs is 2. The van der Waals surface area contributed by atoms with E-state index in [-0.39, 0.29) is 23.8 Å². The molecule has 172 valence electrons. The number of hydrogen-bond donors (Lipinski definition) is 3. The molecule has 0 aliphatic heterocycles. The van der Waals surface area contributed by atoms with E-state index in [1.54, 1.807) is 12.1 Å². The average Bonchev–Trinajstić information content (AvgIpc) is 3.21. The van der Waals surface area contributed by atoms with Crippen LogP contribution in [0.3, 0.4) is 0 Å². The zero-order valence-electron chi connectivity index (χ0n) is 18.7. The molecular weight excluding hydrogens is 440 g/mol. The number of amides is 2. The average molecular weight is 463 g/mol. The number of aromatic hydroxyl groups is 1. The van der Waals surface area contributed by atoms with Gasteiger partial charge in [-0.25, -0.2) is 5.43 Å². The summed E-state index contributed by atoms with van der Waals surface area (Å²) in [6, 6.07) is 27.6. The normalized spacial score (nSPS) is 11.2. The molecule has 0 fully saturated rings. The molecule has 0 saturated heterocycles. The van der Waals surface area contributed by atoms with Crippen LogP contribution in [0.1, 0.15) is 15.9 Å². The first-order valence-corrected chi connectivity index (χ1v) is 11.1. The molecule has 0 atom stereocenters. The van der Waals surface area contributed by atoms with Crippen LogP contribution in [-0.4, -0.2) is 27.7 Å². The largest absolute Gasteiger partial charge is 0.507 e. The number of anilines is 1. The maximum atomic E-state index is 12.6. The predicted molar refractivity (Wildman–Crippen MR) is 138 cm³/mol. The number of aromatic nitrogens is 1. The van der Waals surface area contributed by atoms with Crippen LogP contribution in [0.15, 0.2) is 102 Å². The quantitative estimate of drug-likeness (QED) is 0.247. The van der Waals surface area contributed by atoms with Crippen molar-refractivity contribution in [2.24, 2.45) is 5.10 Å². The van der Waals surface area contributed by atoms with Crippen LogP contribution >= 0.6 is 0 Å². The fourth-order valence-corrected chi connectivity index (χ4v) is 4.02. The molecule has 0 radical (unpaired) electrons. The van der Waals surface area contributed by atoms with Gasteiger partial charge in [0.25, 0.3) is 5.91 Å². The van der Waals surface area contributed by atoms with E-state index in [4.69, 9.17) is 0 Å². The Hall–Kier alpha value is -4.91. The smallest absolute Gasteiger partial charge is 0.275 e. The molecule has 0 spiro atoms. The Morgan fingerprint density at radius 1 is 0.886 bits per heavy atom. The van der Waals surface area contributed by atoms with Crippen molar-refractivity contribution in [2.45, 2.75) is 6.54 Å². The van der Waals surface area contributed by atoms with Gasteiger partial charge in [0.15, 0.2) is 0 Å². The van der Waals surface area contributed by atoms with Gasteiger partial charge >= 0.3 is 0 Å². The minimum absolute atomic E-state index is 0.113. The summed E-state index contributed by atoms with van der Waals surface area (Å²) in [6.07, 6.45) is 3.35. The van der Waals surface area contributed by atoms with Crippen molar-refractivity contribution in [3.63, 3.8) is 0 Å². The fraction of sp³-hybridized carbons (Fsp3) is 0.0357. The first-order valence-electron chi connectivity index (χ1n) is 11.1. The third-order valence-electron chi connectivity index (χ3n) is 5.67. The summed E-state index contributed by atoms with van der Waals surface area (Å²) in [6.45, 7) is 0.126. The number of benzene rings is 4. The second-order valence-corrected chi connectivity index (χ2v) is 8.06. The highest BCUT2D eigenvalue weighted by atomic mass is 16.3. The van der Waals surface area contributed by atoms with Crippen LogP contribution in [-0.2, 0) is 11.3 Å². The van der Waals surface area contributed by atoms with Crippen molar-refractivity contribution in [1.82, 2.24) is 9.99 Å². The topological polar surface area (TPSA) is 95.7 Å². The molecule has 1 aromatic heterocycles. The highest BCUT2D eigenvalue weighted by molar-refractivity contribution is 6.03. The van der Waals surface area contributed by atoms with Crippen LogP contribution < -0.4 is 10.7 Å². The monoisotopic (exact) mass is 462 g/mol. The minimum atomic E-state index is -0.518. The molecule has 35 heavy (non-hydrogen) atoms. The lowest BCUT2D eigenvalue weighted by atomic mass is 10.1. The molecule has 0 aliphatic carbocycles. The Morgan fingerprint density at radius 3 is 2.37 bits per heavy atom. The summed E-state index contributed by atoms with van der Waals surface area (Å²) in [7, 11) is 0. The van der Waals surface area contributed by atoms with E-state index in [0.717, 1.165) is 32.9 Å². The fourth-order valence-electron chi connectivity index (χ4n) is 4.02. The Morgan fingerprint density at radius 2 is 1.57 bits per heavy atom. The van der Waals surface area contributed by atoms with Gasteiger partial charge in [0.1, 0.15) is 12.3 Å².